The number of fused-ring (bicyclic) bond motifs is 1. The molecule has 0 radical (unpaired) electrons. The average Bonchev–Trinajstić information content (AvgIpc) is 2.59. The molecule has 1 aromatic heterocycles. The van der Waals surface area contributed by atoms with Gasteiger partial charge in [-0.3, -0.25) is 9.69 Å². The number of hydrogen-bond acceptors (Lipinski definition) is 3. The number of azide groups is 1. The first-order valence-electron chi connectivity index (χ1n) is 4.68. The van der Waals surface area contributed by atoms with Crippen molar-refractivity contribution in [3.63, 3.8) is 0 Å². The fourth-order valence-electron chi connectivity index (χ4n) is 1.68. The van der Waals surface area contributed by atoms with Crippen LogP contribution in [0.4, 0.5) is 5.82 Å². The van der Waals surface area contributed by atoms with Gasteiger partial charge in [0.1, 0.15) is 16.5 Å². The smallest absolute Gasteiger partial charge is 0.236 e. The number of anilines is 1. The van der Waals surface area contributed by atoms with Crippen LogP contribution in [0.3, 0.4) is 0 Å². The molecule has 1 amide bonds. The third kappa shape index (κ3) is 1.77. The highest BCUT2D eigenvalue weighted by molar-refractivity contribution is 9.10. The van der Waals surface area contributed by atoms with Crippen LogP contribution in [0.5, 0.6) is 0 Å². The van der Waals surface area contributed by atoms with Crippen LogP contribution < -0.4 is 4.90 Å². The van der Waals surface area contributed by atoms with E-state index in [1.807, 2.05) is 0 Å². The van der Waals surface area contributed by atoms with Gasteiger partial charge in [0.25, 0.3) is 0 Å². The van der Waals surface area contributed by atoms with Crippen molar-refractivity contribution in [2.75, 3.05) is 11.9 Å². The summed E-state index contributed by atoms with van der Waals surface area (Å²) in [7, 11) is 1.65. The number of nitrogens with zero attached hydrogens (tertiary/aromatic N) is 6. The molecule has 8 heteroatoms. The van der Waals surface area contributed by atoms with Crippen LogP contribution in [0.15, 0.2) is 15.8 Å². The van der Waals surface area contributed by atoms with Crippen molar-refractivity contribution in [2.24, 2.45) is 5.11 Å². The van der Waals surface area contributed by atoms with E-state index >= 15 is 0 Å². The molecule has 0 aromatic carbocycles. The third-order valence-electron chi connectivity index (χ3n) is 2.49. The van der Waals surface area contributed by atoms with E-state index in [0.29, 0.717) is 23.4 Å². The lowest BCUT2D eigenvalue weighted by molar-refractivity contribution is -0.119. The fourth-order valence-corrected chi connectivity index (χ4v) is 2.08. The van der Waals surface area contributed by atoms with Gasteiger partial charge >= 0.3 is 0 Å². The molecule has 1 aromatic rings. The second-order valence-corrected chi connectivity index (χ2v) is 4.27. The Hall–Kier alpha value is -1.53. The molecule has 0 aliphatic carbocycles. The minimum absolute atomic E-state index is 0.205. The van der Waals surface area contributed by atoms with E-state index in [4.69, 9.17) is 5.53 Å². The lowest BCUT2D eigenvalue weighted by Gasteiger charge is -2.16. The van der Waals surface area contributed by atoms with Gasteiger partial charge in [0.05, 0.1) is 0 Å². The number of halogens is 1. The number of carbonyl (C=O) groups excluding carboxylic acids is 1. The first-order chi connectivity index (χ1) is 7.63. The summed E-state index contributed by atoms with van der Waals surface area (Å²) in [4.78, 5) is 16.1. The second kappa shape index (κ2) is 4.15. The number of carbonyl (C=O) groups is 1. The van der Waals surface area contributed by atoms with Crippen molar-refractivity contribution in [3.05, 3.63) is 21.1 Å². The van der Waals surface area contributed by atoms with Gasteiger partial charge in [-0.25, -0.2) is 4.68 Å². The molecular weight excluding hydrogens is 276 g/mol. The SMILES string of the molecule is CN1C(=O)C(N=[N+]=[N-])CCn2nc(Br)cc21. The Labute approximate surface area is 99.8 Å². The minimum Gasteiger partial charge on any atom is -0.300 e. The minimum atomic E-state index is -0.643. The maximum Gasteiger partial charge on any atom is 0.236 e. The molecule has 0 spiro atoms. The van der Waals surface area contributed by atoms with Gasteiger partial charge in [0.15, 0.2) is 0 Å². The van der Waals surface area contributed by atoms with Crippen molar-refractivity contribution in [2.45, 2.75) is 19.0 Å². The normalized spacial score (nSPS) is 20.0. The second-order valence-electron chi connectivity index (χ2n) is 3.46. The molecule has 7 nitrogen and oxygen atoms in total. The van der Waals surface area contributed by atoms with E-state index in [2.05, 4.69) is 31.1 Å². The van der Waals surface area contributed by atoms with Gasteiger partial charge in [-0.2, -0.15) is 5.10 Å². The Bertz CT molecular complexity index is 477. The lowest BCUT2D eigenvalue weighted by atomic mass is 10.2. The summed E-state index contributed by atoms with van der Waals surface area (Å²) in [6.45, 7) is 0.556. The number of aryl methyl sites for hydroxylation is 1. The van der Waals surface area contributed by atoms with Gasteiger partial charge in [-0.15, -0.1) is 0 Å². The van der Waals surface area contributed by atoms with Gasteiger partial charge in [-0.05, 0) is 27.9 Å². The number of likely N-dealkylation sites (N-methyl/N-ethyl adjacent to an activating group) is 1. The van der Waals surface area contributed by atoms with Gasteiger partial charge in [0, 0.05) is 24.6 Å². The van der Waals surface area contributed by atoms with Crippen molar-refractivity contribution in [3.8, 4) is 0 Å². The third-order valence-corrected chi connectivity index (χ3v) is 2.88. The molecule has 0 N–H and O–H groups in total. The first-order valence-corrected chi connectivity index (χ1v) is 5.48. The molecular formula is C8H9BrN6O. The summed E-state index contributed by atoms with van der Waals surface area (Å²) in [6.07, 6.45) is 0.467. The van der Waals surface area contributed by atoms with Crippen molar-refractivity contribution < 1.29 is 4.79 Å². The van der Waals surface area contributed by atoms with Crippen LogP contribution in [0.2, 0.25) is 0 Å². The first kappa shape index (κ1) is 11.0. The standard InChI is InChI=1S/C8H9BrN6O/c1-14-7-4-6(9)12-15(7)3-2-5(8(14)16)11-13-10/h4-5H,2-3H2,1H3. The van der Waals surface area contributed by atoms with Crippen molar-refractivity contribution >= 4 is 27.7 Å². The number of amides is 1. The summed E-state index contributed by atoms with van der Waals surface area (Å²) in [5.41, 5.74) is 8.38. The molecule has 0 fully saturated rings. The molecule has 1 unspecified atom stereocenters. The highest BCUT2D eigenvalue weighted by Crippen LogP contribution is 2.24. The van der Waals surface area contributed by atoms with Crippen LogP contribution in [0.25, 0.3) is 10.4 Å². The Balaban J connectivity index is 2.38. The summed E-state index contributed by atoms with van der Waals surface area (Å²) >= 11 is 3.26. The van der Waals surface area contributed by atoms with E-state index < -0.39 is 6.04 Å². The molecule has 2 rings (SSSR count). The molecule has 0 saturated heterocycles. The van der Waals surface area contributed by atoms with Crippen molar-refractivity contribution in [1.82, 2.24) is 9.78 Å². The Morgan fingerprint density at radius 1 is 1.75 bits per heavy atom. The molecule has 2 heterocycles. The van der Waals surface area contributed by atoms with E-state index in [1.165, 1.54) is 4.90 Å². The predicted octanol–water partition coefficient (Wildman–Crippen LogP) is 1.69. The molecule has 0 bridgehead atoms. The average molecular weight is 285 g/mol. The lowest BCUT2D eigenvalue weighted by Crippen LogP contribution is -2.34. The maximum atomic E-state index is 11.9. The van der Waals surface area contributed by atoms with Gasteiger partial charge in [-0.1, -0.05) is 5.11 Å². The zero-order valence-electron chi connectivity index (χ0n) is 8.54. The molecule has 1 atom stereocenters. The van der Waals surface area contributed by atoms with Gasteiger partial charge in [0.2, 0.25) is 5.91 Å². The van der Waals surface area contributed by atoms with Gasteiger partial charge < -0.3 is 0 Å². The van der Waals surface area contributed by atoms with Crippen LogP contribution in [0.1, 0.15) is 6.42 Å². The van der Waals surface area contributed by atoms with E-state index in [-0.39, 0.29) is 5.91 Å². The summed E-state index contributed by atoms with van der Waals surface area (Å²) < 4.78 is 2.40. The maximum absolute atomic E-state index is 11.9. The molecule has 0 saturated carbocycles. The van der Waals surface area contributed by atoms with Crippen LogP contribution in [-0.4, -0.2) is 28.8 Å². The molecule has 16 heavy (non-hydrogen) atoms. The van der Waals surface area contributed by atoms with Crippen LogP contribution in [-0.2, 0) is 11.3 Å². The highest BCUT2D eigenvalue weighted by atomic mass is 79.9. The quantitative estimate of drug-likeness (QED) is 0.446. The van der Waals surface area contributed by atoms with E-state index in [0.717, 1.165) is 0 Å². The monoisotopic (exact) mass is 284 g/mol. The summed E-state index contributed by atoms with van der Waals surface area (Å²) in [5.74, 6) is 0.497. The highest BCUT2D eigenvalue weighted by Gasteiger charge is 2.28. The van der Waals surface area contributed by atoms with E-state index in [9.17, 15) is 4.79 Å². The van der Waals surface area contributed by atoms with Crippen molar-refractivity contribution in [1.29, 1.82) is 0 Å². The Morgan fingerprint density at radius 2 is 2.50 bits per heavy atom. The van der Waals surface area contributed by atoms with Crippen LogP contribution in [0, 0.1) is 0 Å². The fraction of sp³-hybridized carbons (Fsp3) is 0.500. The molecule has 1 aliphatic heterocycles. The van der Waals surface area contributed by atoms with E-state index in [1.54, 1.807) is 17.8 Å². The zero-order valence-corrected chi connectivity index (χ0v) is 10.1. The molecule has 84 valence electrons. The van der Waals surface area contributed by atoms with Crippen LogP contribution >= 0.6 is 15.9 Å². The summed E-state index contributed by atoms with van der Waals surface area (Å²) in [6, 6.07) is 1.12. The summed E-state index contributed by atoms with van der Waals surface area (Å²) in [5, 5.41) is 7.69. The predicted molar refractivity (Wildman–Crippen MR) is 60.9 cm³/mol. The largest absolute Gasteiger partial charge is 0.300 e. The number of rotatable bonds is 1. The zero-order chi connectivity index (χ0) is 11.7. The Kier molecular flexibility index (Phi) is 2.84. The number of aromatic nitrogens is 2. The molecule has 1 aliphatic rings. The Morgan fingerprint density at radius 3 is 3.19 bits per heavy atom. The number of hydrogen-bond donors (Lipinski definition) is 0. The topological polar surface area (TPSA) is 86.9 Å².